The summed E-state index contributed by atoms with van der Waals surface area (Å²) < 4.78 is 8.01. The number of aromatic amines is 1. The van der Waals surface area contributed by atoms with Gasteiger partial charge in [-0.15, -0.1) is 0 Å². The first-order valence-corrected chi connectivity index (χ1v) is 12.8. The van der Waals surface area contributed by atoms with Gasteiger partial charge < -0.3 is 14.6 Å². The van der Waals surface area contributed by atoms with Gasteiger partial charge in [-0.1, -0.05) is 58.3 Å². The number of carbonyl (C=O) groups excluding carboxylic acids is 1. The number of H-pyrrole nitrogens is 1. The molecule has 0 fully saturated rings. The largest absolute Gasteiger partial charge is 0.383 e. The van der Waals surface area contributed by atoms with Crippen molar-refractivity contribution in [3.8, 4) is 0 Å². The average molecular weight is 478 g/mol. The van der Waals surface area contributed by atoms with Crippen LogP contribution in [0.1, 0.15) is 84.0 Å². The van der Waals surface area contributed by atoms with E-state index in [4.69, 9.17) is 4.74 Å². The van der Waals surface area contributed by atoms with E-state index in [0.29, 0.717) is 30.7 Å². The molecule has 0 aliphatic heterocycles. The maximum Gasteiger partial charge on any atom is 0.332 e. The van der Waals surface area contributed by atoms with Gasteiger partial charge in [0.2, 0.25) is 5.91 Å². The zero-order valence-corrected chi connectivity index (χ0v) is 21.5. The number of ether oxygens (including phenoxy) is 1. The number of hydrogen-bond donors (Lipinski definition) is 1. The number of unbranched alkanes of at least 4 members (excludes halogenated alkanes) is 8. The molecular weight excluding hydrogens is 434 g/mol. The van der Waals surface area contributed by atoms with Crippen LogP contribution in [0.2, 0.25) is 0 Å². The number of rotatable bonds is 17. The molecule has 0 aromatic carbocycles. The minimum atomic E-state index is -0.316. The van der Waals surface area contributed by atoms with Gasteiger partial charge in [0.15, 0.2) is 5.65 Å². The minimum Gasteiger partial charge on any atom is -0.383 e. The number of likely N-dealkylation sites (N-methyl/N-ethyl adjacent to an activating group) is 1. The topological polar surface area (TPSA) is 102 Å². The quantitative estimate of drug-likeness (QED) is 0.351. The summed E-state index contributed by atoms with van der Waals surface area (Å²) in [7, 11) is 5.23. The van der Waals surface area contributed by atoms with Gasteiger partial charge in [-0.2, -0.15) is 0 Å². The van der Waals surface area contributed by atoms with Crippen LogP contribution in [0.4, 0.5) is 0 Å². The van der Waals surface area contributed by atoms with E-state index in [0.717, 1.165) is 70.6 Å². The number of aromatic nitrogens is 4. The zero-order valence-electron chi connectivity index (χ0n) is 21.5. The second kappa shape index (κ2) is 14.8. The van der Waals surface area contributed by atoms with E-state index in [1.165, 1.54) is 15.5 Å². The van der Waals surface area contributed by atoms with Crippen LogP contribution in [-0.2, 0) is 23.1 Å². The molecule has 2 aromatic rings. The highest BCUT2D eigenvalue weighted by Gasteiger charge is 2.19. The third-order valence-corrected chi connectivity index (χ3v) is 6.63. The Morgan fingerprint density at radius 3 is 2.38 bits per heavy atom. The van der Waals surface area contributed by atoms with Crippen LogP contribution in [0, 0.1) is 0 Å². The van der Waals surface area contributed by atoms with Crippen LogP contribution < -0.4 is 11.2 Å². The fourth-order valence-corrected chi connectivity index (χ4v) is 4.40. The van der Waals surface area contributed by atoms with Gasteiger partial charge in [0.1, 0.15) is 5.52 Å². The average Bonchev–Trinajstić information content (AvgIpc) is 3.33. The van der Waals surface area contributed by atoms with Crippen molar-refractivity contribution in [2.24, 2.45) is 7.05 Å². The second-order valence-corrected chi connectivity index (χ2v) is 9.23. The van der Waals surface area contributed by atoms with E-state index in [1.807, 2.05) is 11.9 Å². The van der Waals surface area contributed by atoms with Crippen molar-refractivity contribution in [2.45, 2.75) is 96.6 Å². The number of nitrogens with one attached hydrogen (secondary N) is 1. The van der Waals surface area contributed by atoms with E-state index >= 15 is 0 Å². The van der Waals surface area contributed by atoms with Gasteiger partial charge >= 0.3 is 5.69 Å². The molecule has 1 atom stereocenters. The lowest BCUT2D eigenvalue weighted by Crippen LogP contribution is -2.39. The Balaban J connectivity index is 1.58. The molecule has 0 aliphatic rings. The van der Waals surface area contributed by atoms with Crippen LogP contribution >= 0.6 is 0 Å². The third kappa shape index (κ3) is 7.82. The summed E-state index contributed by atoms with van der Waals surface area (Å²) in [6.07, 6.45) is 13.5. The summed E-state index contributed by atoms with van der Waals surface area (Å²) in [6.45, 7) is 3.19. The lowest BCUT2D eigenvalue weighted by atomic mass is 10.1. The predicted octanol–water partition coefficient (Wildman–Crippen LogP) is 3.60. The summed E-state index contributed by atoms with van der Waals surface area (Å²) in [5.41, 5.74) is 0.159. The molecule has 192 valence electrons. The molecule has 2 aromatic heterocycles. The van der Waals surface area contributed by atoms with E-state index in [2.05, 4.69) is 16.9 Å². The lowest BCUT2D eigenvalue weighted by molar-refractivity contribution is -0.133. The highest BCUT2D eigenvalue weighted by atomic mass is 16.5. The van der Waals surface area contributed by atoms with Gasteiger partial charge in [0.05, 0.1) is 19.0 Å². The smallest absolute Gasteiger partial charge is 0.332 e. The van der Waals surface area contributed by atoms with E-state index < -0.39 is 0 Å². The fraction of sp³-hybridized carbons (Fsp3) is 0.760. The fourth-order valence-electron chi connectivity index (χ4n) is 4.40. The maximum atomic E-state index is 12.5. The number of fused-ring (bicyclic) bond motifs is 1. The van der Waals surface area contributed by atoms with Crippen molar-refractivity contribution in [3.05, 3.63) is 27.2 Å². The number of hydrogen-bond acceptors (Lipinski definition) is 5. The molecular formula is C25H43N5O4. The number of methoxy groups -OCH3 is 1. The third-order valence-electron chi connectivity index (χ3n) is 6.63. The zero-order chi connectivity index (χ0) is 24.9. The molecule has 1 N–H and O–H groups in total. The summed E-state index contributed by atoms with van der Waals surface area (Å²) in [5.74, 6) is 0.216. The molecule has 2 heterocycles. The van der Waals surface area contributed by atoms with Crippen molar-refractivity contribution in [1.29, 1.82) is 0 Å². The molecule has 2 rings (SSSR count). The van der Waals surface area contributed by atoms with Gasteiger partial charge in [-0.05, 0) is 19.3 Å². The number of amides is 1. The standard InChI is InChI=1S/C25H43N5O4/c1-5-6-15-20(18-34-4)28(2)21(31)16-13-11-9-7-8-10-12-14-17-30-24(32)22-23(27-19-26-22)29(3)25(30)33/h19-20H,5-18H2,1-4H3,(H,26,27). The number of imidazole rings is 1. The van der Waals surface area contributed by atoms with Crippen LogP contribution in [0.25, 0.3) is 11.2 Å². The molecule has 9 nitrogen and oxygen atoms in total. The normalized spacial score (nSPS) is 12.4. The Kier molecular flexibility index (Phi) is 12.1. The van der Waals surface area contributed by atoms with Crippen molar-refractivity contribution in [2.75, 3.05) is 20.8 Å². The van der Waals surface area contributed by atoms with Crippen LogP contribution in [-0.4, -0.2) is 56.7 Å². The monoisotopic (exact) mass is 477 g/mol. The summed E-state index contributed by atoms with van der Waals surface area (Å²) in [6, 6.07) is 0.176. The minimum absolute atomic E-state index is 0.176. The lowest BCUT2D eigenvalue weighted by Gasteiger charge is -2.27. The molecule has 1 unspecified atom stereocenters. The molecule has 1 amide bonds. The first kappa shape index (κ1) is 27.8. The van der Waals surface area contributed by atoms with Crippen molar-refractivity contribution in [1.82, 2.24) is 24.0 Å². The van der Waals surface area contributed by atoms with E-state index in [1.54, 1.807) is 14.2 Å². The van der Waals surface area contributed by atoms with Crippen LogP contribution in [0.5, 0.6) is 0 Å². The van der Waals surface area contributed by atoms with Gasteiger partial charge in [-0.25, -0.2) is 9.78 Å². The molecule has 0 saturated heterocycles. The maximum absolute atomic E-state index is 12.5. The summed E-state index contributed by atoms with van der Waals surface area (Å²) in [5, 5.41) is 0. The van der Waals surface area contributed by atoms with Gasteiger partial charge in [0.25, 0.3) is 5.56 Å². The molecule has 0 saturated carbocycles. The Morgan fingerprint density at radius 1 is 1.09 bits per heavy atom. The van der Waals surface area contributed by atoms with Crippen LogP contribution in [0.3, 0.4) is 0 Å². The molecule has 0 spiro atoms. The molecule has 0 aliphatic carbocycles. The molecule has 0 radical (unpaired) electrons. The Hall–Kier alpha value is -2.42. The Labute approximate surface area is 202 Å². The first-order valence-electron chi connectivity index (χ1n) is 12.8. The first-order chi connectivity index (χ1) is 16.4. The van der Waals surface area contributed by atoms with Crippen molar-refractivity contribution >= 4 is 17.1 Å². The van der Waals surface area contributed by atoms with Gasteiger partial charge in [-0.3, -0.25) is 18.7 Å². The SMILES string of the molecule is CCCCC(COC)N(C)C(=O)CCCCCCCCCCn1c(=O)c2[nH]cnc2n(C)c1=O. The number of aryl methyl sites for hydroxylation is 1. The number of carbonyl (C=O) groups is 1. The highest BCUT2D eigenvalue weighted by Crippen LogP contribution is 2.13. The Bertz CT molecular complexity index is 993. The molecule has 9 heteroatoms. The van der Waals surface area contributed by atoms with Gasteiger partial charge in [0, 0.05) is 34.2 Å². The molecule has 0 bridgehead atoms. The van der Waals surface area contributed by atoms with Crippen molar-refractivity contribution in [3.63, 3.8) is 0 Å². The molecule has 34 heavy (non-hydrogen) atoms. The predicted molar refractivity (Wildman–Crippen MR) is 135 cm³/mol. The summed E-state index contributed by atoms with van der Waals surface area (Å²) >= 11 is 0. The highest BCUT2D eigenvalue weighted by molar-refractivity contribution is 5.76. The second-order valence-electron chi connectivity index (χ2n) is 9.23. The summed E-state index contributed by atoms with van der Waals surface area (Å²) in [4.78, 5) is 46.1. The van der Waals surface area contributed by atoms with E-state index in [9.17, 15) is 14.4 Å². The number of nitrogens with zero attached hydrogens (tertiary/aromatic N) is 4. The Morgan fingerprint density at radius 2 is 1.74 bits per heavy atom. The van der Waals surface area contributed by atoms with E-state index in [-0.39, 0.29) is 23.2 Å². The van der Waals surface area contributed by atoms with Crippen molar-refractivity contribution < 1.29 is 9.53 Å². The van der Waals surface area contributed by atoms with Crippen LogP contribution in [0.15, 0.2) is 15.9 Å².